The molecule has 124 valence electrons. The fourth-order valence-corrected chi connectivity index (χ4v) is 3.35. The molecule has 3 N–H and O–H groups in total. The Hall–Kier alpha value is -2.67. The Morgan fingerprint density at radius 1 is 1.25 bits per heavy atom. The van der Waals surface area contributed by atoms with Crippen LogP contribution < -0.4 is 5.73 Å². The zero-order valence-electron chi connectivity index (χ0n) is 13.5. The van der Waals surface area contributed by atoms with Crippen molar-refractivity contribution >= 4 is 39.2 Å². The number of hydrogen-bond donors (Lipinski definition) is 2. The van der Waals surface area contributed by atoms with E-state index in [1.807, 2.05) is 31.2 Å². The molecule has 0 radical (unpaired) electrons. The van der Waals surface area contributed by atoms with Crippen LogP contribution in [0.2, 0.25) is 0 Å². The van der Waals surface area contributed by atoms with Crippen LogP contribution in [0, 0.1) is 13.8 Å². The Kier molecular flexibility index (Phi) is 4.11. The molecule has 0 amide bonds. The molecular formula is C17H17N3O3S. The van der Waals surface area contributed by atoms with Crippen molar-refractivity contribution in [1.29, 1.82) is 0 Å². The largest absolute Gasteiger partial charge is 0.451 e. The van der Waals surface area contributed by atoms with Crippen molar-refractivity contribution in [2.45, 2.75) is 26.9 Å². The number of carbonyl (C=O) groups is 2. The van der Waals surface area contributed by atoms with Gasteiger partial charge in [-0.05, 0) is 38.4 Å². The van der Waals surface area contributed by atoms with Gasteiger partial charge in [-0.1, -0.05) is 18.2 Å². The zero-order valence-corrected chi connectivity index (χ0v) is 14.4. The highest BCUT2D eigenvalue weighted by atomic mass is 32.1. The van der Waals surface area contributed by atoms with E-state index >= 15 is 0 Å². The number of nitrogens with one attached hydrogen (secondary N) is 1. The normalized spacial score (nSPS) is 12.3. The van der Waals surface area contributed by atoms with Crippen molar-refractivity contribution < 1.29 is 14.3 Å². The molecule has 3 rings (SSSR count). The fourth-order valence-electron chi connectivity index (χ4n) is 2.71. The number of H-pyrrole nitrogens is 1. The molecule has 24 heavy (non-hydrogen) atoms. The smallest absolute Gasteiger partial charge is 0.343 e. The fraction of sp³-hybridized carbons (Fsp3) is 0.235. The van der Waals surface area contributed by atoms with Crippen LogP contribution in [0.3, 0.4) is 0 Å². The van der Waals surface area contributed by atoms with E-state index in [-0.39, 0.29) is 11.3 Å². The van der Waals surface area contributed by atoms with E-state index in [0.717, 1.165) is 28.1 Å². The van der Waals surface area contributed by atoms with E-state index in [9.17, 15) is 9.59 Å². The second-order valence-corrected chi connectivity index (χ2v) is 6.39. The highest BCUT2D eigenvalue weighted by Crippen LogP contribution is 2.25. The van der Waals surface area contributed by atoms with E-state index < -0.39 is 12.1 Å². The number of carbonyl (C=O) groups excluding carboxylic acids is 2. The van der Waals surface area contributed by atoms with Gasteiger partial charge in [-0.2, -0.15) is 4.37 Å². The molecule has 0 bridgehead atoms. The number of esters is 1. The summed E-state index contributed by atoms with van der Waals surface area (Å²) in [6.07, 6.45) is -0.922. The summed E-state index contributed by atoms with van der Waals surface area (Å²) in [6, 6.07) is 7.53. The van der Waals surface area contributed by atoms with Crippen LogP contribution in [-0.4, -0.2) is 27.2 Å². The molecule has 0 fully saturated rings. The van der Waals surface area contributed by atoms with Crippen LogP contribution in [-0.2, 0) is 4.74 Å². The SMILES string of the molecule is Cc1nsc(N)c1C(=O)OC(C)C(=O)c1c(C)[nH]c2ccccc12. The van der Waals surface area contributed by atoms with Crippen molar-refractivity contribution in [3.8, 4) is 0 Å². The van der Waals surface area contributed by atoms with Crippen molar-refractivity contribution in [2.75, 3.05) is 5.73 Å². The lowest BCUT2D eigenvalue weighted by Gasteiger charge is -2.12. The number of hydrogen-bond acceptors (Lipinski definition) is 6. The number of nitrogens with two attached hydrogens (primary N) is 1. The third-order valence-electron chi connectivity index (χ3n) is 3.89. The Balaban J connectivity index is 1.87. The average molecular weight is 343 g/mol. The number of aromatic nitrogens is 2. The molecule has 3 aromatic rings. The Morgan fingerprint density at radius 3 is 2.62 bits per heavy atom. The van der Waals surface area contributed by atoms with Gasteiger partial charge in [0.2, 0.25) is 5.78 Å². The Morgan fingerprint density at radius 2 is 1.96 bits per heavy atom. The molecule has 1 aromatic carbocycles. The molecule has 6 nitrogen and oxygen atoms in total. The van der Waals surface area contributed by atoms with Gasteiger partial charge in [-0.25, -0.2) is 4.79 Å². The van der Waals surface area contributed by atoms with E-state index in [2.05, 4.69) is 9.36 Å². The molecule has 0 saturated heterocycles. The maximum atomic E-state index is 12.8. The van der Waals surface area contributed by atoms with Crippen LogP contribution in [0.5, 0.6) is 0 Å². The lowest BCUT2D eigenvalue weighted by molar-refractivity contribution is 0.0319. The van der Waals surface area contributed by atoms with Crippen molar-refractivity contribution in [1.82, 2.24) is 9.36 Å². The molecule has 1 unspecified atom stereocenters. The Labute approximate surface area is 142 Å². The number of aromatic amines is 1. The average Bonchev–Trinajstić information content (AvgIpc) is 3.05. The molecule has 0 aliphatic rings. The minimum Gasteiger partial charge on any atom is -0.451 e. The summed E-state index contributed by atoms with van der Waals surface area (Å²) in [4.78, 5) is 28.2. The zero-order chi connectivity index (χ0) is 17.4. The summed E-state index contributed by atoms with van der Waals surface area (Å²) in [5.74, 6) is -0.880. The summed E-state index contributed by atoms with van der Waals surface area (Å²) in [6.45, 7) is 5.07. The summed E-state index contributed by atoms with van der Waals surface area (Å²) in [5.41, 5.74) is 8.65. The maximum Gasteiger partial charge on any atom is 0.343 e. The van der Waals surface area contributed by atoms with Gasteiger partial charge < -0.3 is 15.5 Å². The van der Waals surface area contributed by atoms with E-state index in [4.69, 9.17) is 10.5 Å². The summed E-state index contributed by atoms with van der Waals surface area (Å²) in [5, 5.41) is 1.11. The standard InChI is InChI=1S/C17H17N3O3S/c1-8-13(11-6-4-5-7-12(11)19-8)15(21)10(3)23-17(22)14-9(2)20-24-16(14)18/h4-7,10,19H,18H2,1-3H3. The first kappa shape index (κ1) is 16.2. The van der Waals surface area contributed by atoms with Crippen molar-refractivity contribution in [3.63, 3.8) is 0 Å². The topological polar surface area (TPSA) is 98.1 Å². The number of rotatable bonds is 4. The third kappa shape index (κ3) is 2.67. The highest BCUT2D eigenvalue weighted by Gasteiger charge is 2.27. The molecule has 0 aliphatic heterocycles. The van der Waals surface area contributed by atoms with Gasteiger partial charge in [0.25, 0.3) is 0 Å². The van der Waals surface area contributed by atoms with Gasteiger partial charge in [0.05, 0.1) is 5.69 Å². The molecule has 7 heteroatoms. The molecule has 1 atom stereocenters. The lowest BCUT2D eigenvalue weighted by atomic mass is 10.0. The summed E-state index contributed by atoms with van der Waals surface area (Å²) < 4.78 is 9.35. The highest BCUT2D eigenvalue weighted by molar-refractivity contribution is 7.10. The second-order valence-electron chi connectivity index (χ2n) is 5.59. The van der Waals surface area contributed by atoms with Gasteiger partial charge in [0.1, 0.15) is 10.6 Å². The summed E-state index contributed by atoms with van der Waals surface area (Å²) >= 11 is 1.03. The number of fused-ring (bicyclic) bond motifs is 1. The number of benzene rings is 1. The number of para-hydroxylation sites is 1. The number of ether oxygens (including phenoxy) is 1. The van der Waals surface area contributed by atoms with Gasteiger partial charge in [0.15, 0.2) is 6.10 Å². The molecular weight excluding hydrogens is 326 g/mol. The van der Waals surface area contributed by atoms with Gasteiger partial charge in [-0.15, -0.1) is 0 Å². The van der Waals surface area contributed by atoms with Crippen LogP contribution in [0.1, 0.15) is 39.0 Å². The van der Waals surface area contributed by atoms with Crippen molar-refractivity contribution in [2.24, 2.45) is 0 Å². The predicted octanol–water partition coefficient (Wildman–Crippen LogP) is 3.25. The van der Waals surface area contributed by atoms with E-state index in [1.165, 1.54) is 0 Å². The first-order chi connectivity index (χ1) is 11.4. The molecule has 2 aromatic heterocycles. The molecule has 2 heterocycles. The number of nitrogens with zero attached hydrogens (tertiary/aromatic N) is 1. The molecule has 0 aliphatic carbocycles. The number of Topliss-reactive ketones (excluding diaryl/α,β-unsaturated/α-hetero) is 1. The maximum absolute atomic E-state index is 12.8. The number of aryl methyl sites for hydroxylation is 2. The van der Waals surface area contributed by atoms with Crippen molar-refractivity contribution in [3.05, 3.63) is 46.8 Å². The van der Waals surface area contributed by atoms with Crippen LogP contribution in [0.4, 0.5) is 5.00 Å². The van der Waals surface area contributed by atoms with Crippen LogP contribution in [0.15, 0.2) is 24.3 Å². The first-order valence-corrected chi connectivity index (χ1v) is 8.21. The lowest BCUT2D eigenvalue weighted by Crippen LogP contribution is -2.25. The summed E-state index contributed by atoms with van der Waals surface area (Å²) in [7, 11) is 0. The minimum atomic E-state index is -0.922. The predicted molar refractivity (Wildman–Crippen MR) is 93.5 cm³/mol. The van der Waals surface area contributed by atoms with Crippen LogP contribution in [0.25, 0.3) is 10.9 Å². The Bertz CT molecular complexity index is 922. The second kappa shape index (κ2) is 6.09. The van der Waals surface area contributed by atoms with Gasteiger partial charge in [-0.3, -0.25) is 4.79 Å². The first-order valence-electron chi connectivity index (χ1n) is 7.44. The van der Waals surface area contributed by atoms with Crippen LogP contribution >= 0.6 is 11.5 Å². The third-order valence-corrected chi connectivity index (χ3v) is 4.65. The molecule has 0 saturated carbocycles. The van der Waals surface area contributed by atoms with Gasteiger partial charge >= 0.3 is 5.97 Å². The molecule has 0 spiro atoms. The minimum absolute atomic E-state index is 0.232. The van der Waals surface area contributed by atoms with Gasteiger partial charge in [0, 0.05) is 22.2 Å². The number of nitrogen functional groups attached to an aromatic ring is 1. The number of anilines is 1. The quantitative estimate of drug-likeness (QED) is 0.560. The van der Waals surface area contributed by atoms with E-state index in [1.54, 1.807) is 13.8 Å². The monoisotopic (exact) mass is 343 g/mol. The number of ketones is 1. The van der Waals surface area contributed by atoms with E-state index in [0.29, 0.717) is 16.3 Å².